The quantitative estimate of drug-likeness (QED) is 0.811. The van der Waals surface area contributed by atoms with Crippen LogP contribution >= 0.6 is 0 Å². The molecule has 0 aliphatic carbocycles. The first-order valence-electron chi connectivity index (χ1n) is 6.80. The Hall–Kier alpha value is -3.35. The van der Waals surface area contributed by atoms with Crippen LogP contribution in [0.15, 0.2) is 48.8 Å². The predicted octanol–water partition coefficient (Wildman–Crippen LogP) is 1.98. The highest BCUT2D eigenvalue weighted by Crippen LogP contribution is 2.27. The van der Waals surface area contributed by atoms with Gasteiger partial charge in [-0.25, -0.2) is 4.79 Å². The molecular weight excluding hydrogens is 312 g/mol. The number of amides is 1. The standard InChI is InChI=1S/C11H12O4.C6H6N2O/c1-14-9-5-3-8(4-6-11(12)13)7-10(9)15-2;7-6(9)5-1-3-8-4-2-5/h3-7H,1-2H3,(H,12,13);1-4H,(H2,7,9)/b6-4+;. The van der Waals surface area contributed by atoms with Gasteiger partial charge in [0.15, 0.2) is 11.5 Å². The summed E-state index contributed by atoms with van der Waals surface area (Å²) in [4.78, 5) is 24.4. The minimum absolute atomic E-state index is 0.419. The monoisotopic (exact) mass is 330 g/mol. The molecule has 0 spiro atoms. The van der Waals surface area contributed by atoms with Gasteiger partial charge in [0.2, 0.25) is 5.91 Å². The number of benzene rings is 1. The molecule has 0 saturated carbocycles. The molecule has 24 heavy (non-hydrogen) atoms. The zero-order chi connectivity index (χ0) is 17.9. The third kappa shape index (κ3) is 6.18. The Morgan fingerprint density at radius 2 is 1.71 bits per heavy atom. The highest BCUT2D eigenvalue weighted by molar-refractivity contribution is 5.92. The third-order valence-electron chi connectivity index (χ3n) is 2.79. The van der Waals surface area contributed by atoms with Crippen LogP contribution < -0.4 is 15.2 Å². The smallest absolute Gasteiger partial charge is 0.328 e. The lowest BCUT2D eigenvalue weighted by atomic mass is 10.2. The molecule has 1 amide bonds. The van der Waals surface area contributed by atoms with Gasteiger partial charge in [0.1, 0.15) is 0 Å². The predicted molar refractivity (Wildman–Crippen MR) is 89.0 cm³/mol. The average Bonchev–Trinajstić information content (AvgIpc) is 2.60. The van der Waals surface area contributed by atoms with Crippen molar-refractivity contribution in [2.24, 2.45) is 5.73 Å². The van der Waals surface area contributed by atoms with Crippen molar-refractivity contribution in [1.82, 2.24) is 4.98 Å². The second-order valence-electron chi connectivity index (χ2n) is 4.39. The Labute approximate surface area is 139 Å². The van der Waals surface area contributed by atoms with E-state index in [1.165, 1.54) is 25.6 Å². The Morgan fingerprint density at radius 1 is 1.08 bits per heavy atom. The van der Waals surface area contributed by atoms with E-state index >= 15 is 0 Å². The molecule has 0 bridgehead atoms. The van der Waals surface area contributed by atoms with Crippen LogP contribution in [0.3, 0.4) is 0 Å². The van der Waals surface area contributed by atoms with Crippen molar-refractivity contribution < 1.29 is 24.2 Å². The van der Waals surface area contributed by atoms with Gasteiger partial charge in [-0.2, -0.15) is 0 Å². The van der Waals surface area contributed by atoms with E-state index in [0.717, 1.165) is 11.6 Å². The number of ether oxygens (including phenoxy) is 2. The van der Waals surface area contributed by atoms with Crippen LogP contribution in [0.5, 0.6) is 11.5 Å². The third-order valence-corrected chi connectivity index (χ3v) is 2.79. The Bertz CT molecular complexity index is 714. The highest BCUT2D eigenvalue weighted by atomic mass is 16.5. The van der Waals surface area contributed by atoms with E-state index in [1.54, 1.807) is 37.4 Å². The molecule has 3 N–H and O–H groups in total. The van der Waals surface area contributed by atoms with Gasteiger partial charge in [-0.05, 0) is 35.9 Å². The number of aromatic nitrogens is 1. The summed E-state index contributed by atoms with van der Waals surface area (Å²) in [5.41, 5.74) is 6.18. The summed E-state index contributed by atoms with van der Waals surface area (Å²) >= 11 is 0. The lowest BCUT2D eigenvalue weighted by Crippen LogP contribution is -2.10. The van der Waals surface area contributed by atoms with Crippen LogP contribution in [-0.2, 0) is 4.79 Å². The number of methoxy groups -OCH3 is 2. The van der Waals surface area contributed by atoms with E-state index in [9.17, 15) is 9.59 Å². The normalized spacial score (nSPS) is 9.75. The van der Waals surface area contributed by atoms with Crippen molar-refractivity contribution in [3.8, 4) is 11.5 Å². The topological polar surface area (TPSA) is 112 Å². The minimum Gasteiger partial charge on any atom is -0.493 e. The molecule has 0 unspecified atom stereocenters. The summed E-state index contributed by atoms with van der Waals surface area (Å²) in [5.74, 6) is -0.211. The molecule has 126 valence electrons. The first-order chi connectivity index (χ1) is 11.5. The maximum Gasteiger partial charge on any atom is 0.328 e. The molecular formula is C17H18N2O5. The second kappa shape index (κ2) is 9.62. The summed E-state index contributed by atoms with van der Waals surface area (Å²) in [5, 5.41) is 8.46. The van der Waals surface area contributed by atoms with Gasteiger partial charge in [0, 0.05) is 24.0 Å². The van der Waals surface area contributed by atoms with Gasteiger partial charge in [0.05, 0.1) is 14.2 Å². The van der Waals surface area contributed by atoms with Crippen LogP contribution in [0.1, 0.15) is 15.9 Å². The summed E-state index contributed by atoms with van der Waals surface area (Å²) in [7, 11) is 3.08. The number of hydrogen-bond donors (Lipinski definition) is 2. The fraction of sp³-hybridized carbons (Fsp3) is 0.118. The summed E-state index contributed by atoms with van der Waals surface area (Å²) in [6.07, 6.45) is 5.62. The second-order valence-corrected chi connectivity index (χ2v) is 4.39. The molecule has 1 heterocycles. The number of carboxylic acid groups (broad SMARTS) is 1. The fourth-order valence-corrected chi connectivity index (χ4v) is 1.64. The van der Waals surface area contributed by atoms with E-state index in [0.29, 0.717) is 17.1 Å². The van der Waals surface area contributed by atoms with Crippen molar-refractivity contribution in [1.29, 1.82) is 0 Å². The molecule has 0 aliphatic rings. The SMILES string of the molecule is COc1ccc(/C=C/C(=O)O)cc1OC.NC(=O)c1ccncc1. The van der Waals surface area contributed by atoms with E-state index < -0.39 is 11.9 Å². The maximum absolute atomic E-state index is 10.4. The number of nitrogens with zero attached hydrogens (tertiary/aromatic N) is 1. The van der Waals surface area contributed by atoms with Crippen LogP contribution in [0.2, 0.25) is 0 Å². The lowest BCUT2D eigenvalue weighted by Gasteiger charge is -2.07. The van der Waals surface area contributed by atoms with Gasteiger partial charge < -0.3 is 20.3 Å². The average molecular weight is 330 g/mol. The maximum atomic E-state index is 10.4. The van der Waals surface area contributed by atoms with E-state index in [-0.39, 0.29) is 0 Å². The summed E-state index contributed by atoms with van der Waals surface area (Å²) < 4.78 is 10.1. The molecule has 7 heteroatoms. The van der Waals surface area contributed by atoms with Gasteiger partial charge >= 0.3 is 5.97 Å². The molecule has 1 aromatic heterocycles. The molecule has 0 radical (unpaired) electrons. The Morgan fingerprint density at radius 3 is 2.17 bits per heavy atom. The van der Waals surface area contributed by atoms with Gasteiger partial charge in [0.25, 0.3) is 0 Å². The number of pyridine rings is 1. The number of aliphatic carboxylic acids is 1. The molecule has 7 nitrogen and oxygen atoms in total. The number of carbonyl (C=O) groups is 2. The van der Waals surface area contributed by atoms with E-state index in [4.69, 9.17) is 20.3 Å². The molecule has 0 saturated heterocycles. The zero-order valence-corrected chi connectivity index (χ0v) is 13.3. The Kier molecular flexibility index (Phi) is 7.50. The largest absolute Gasteiger partial charge is 0.493 e. The number of rotatable bonds is 5. The molecule has 0 atom stereocenters. The van der Waals surface area contributed by atoms with Gasteiger partial charge in [-0.15, -0.1) is 0 Å². The first kappa shape index (κ1) is 18.7. The number of carboxylic acids is 1. The number of nitrogens with two attached hydrogens (primary N) is 1. The summed E-state index contributed by atoms with van der Waals surface area (Å²) in [6.45, 7) is 0. The molecule has 0 fully saturated rings. The highest BCUT2D eigenvalue weighted by Gasteiger charge is 2.02. The zero-order valence-electron chi connectivity index (χ0n) is 13.3. The van der Waals surface area contributed by atoms with Gasteiger partial charge in [-0.3, -0.25) is 9.78 Å². The van der Waals surface area contributed by atoms with Crippen LogP contribution in [-0.4, -0.2) is 36.2 Å². The molecule has 2 rings (SSSR count). The Balaban J connectivity index is 0.000000272. The van der Waals surface area contributed by atoms with Crippen LogP contribution in [0.25, 0.3) is 6.08 Å². The van der Waals surface area contributed by atoms with E-state index in [1.807, 2.05) is 0 Å². The summed E-state index contributed by atoms with van der Waals surface area (Å²) in [6, 6.07) is 8.32. The molecule has 0 aliphatic heterocycles. The number of carbonyl (C=O) groups excluding carboxylic acids is 1. The van der Waals surface area contributed by atoms with Crippen molar-refractivity contribution >= 4 is 18.0 Å². The number of primary amides is 1. The van der Waals surface area contributed by atoms with Crippen molar-refractivity contribution in [2.75, 3.05) is 14.2 Å². The van der Waals surface area contributed by atoms with Crippen LogP contribution in [0.4, 0.5) is 0 Å². The minimum atomic E-state index is -0.982. The van der Waals surface area contributed by atoms with Crippen LogP contribution in [0, 0.1) is 0 Å². The lowest BCUT2D eigenvalue weighted by molar-refractivity contribution is -0.131. The van der Waals surface area contributed by atoms with Gasteiger partial charge in [-0.1, -0.05) is 6.07 Å². The number of hydrogen-bond acceptors (Lipinski definition) is 5. The van der Waals surface area contributed by atoms with Crippen molar-refractivity contribution in [2.45, 2.75) is 0 Å². The van der Waals surface area contributed by atoms with Crippen molar-refractivity contribution in [3.63, 3.8) is 0 Å². The fourth-order valence-electron chi connectivity index (χ4n) is 1.64. The molecule has 1 aromatic carbocycles. The van der Waals surface area contributed by atoms with E-state index in [2.05, 4.69) is 4.98 Å². The van der Waals surface area contributed by atoms with Crippen molar-refractivity contribution in [3.05, 3.63) is 59.9 Å². The first-order valence-corrected chi connectivity index (χ1v) is 6.80. The molecule has 2 aromatic rings.